The number of amides is 3. The van der Waals surface area contributed by atoms with Crippen LogP contribution in [0.15, 0.2) is 36.4 Å². The molecule has 0 spiro atoms. The van der Waals surface area contributed by atoms with Crippen LogP contribution in [0, 0.1) is 16.7 Å². The molecule has 3 amide bonds. The Bertz CT molecular complexity index is 1040. The number of hydrogen-bond acceptors (Lipinski definition) is 6. The summed E-state index contributed by atoms with van der Waals surface area (Å²) >= 11 is 0. The predicted octanol–water partition coefficient (Wildman–Crippen LogP) is 2.47. The second kappa shape index (κ2) is 13.7. The fourth-order valence-corrected chi connectivity index (χ4v) is 4.01. The van der Waals surface area contributed by atoms with Crippen molar-refractivity contribution in [3.63, 3.8) is 0 Å². The van der Waals surface area contributed by atoms with E-state index in [1.807, 2.05) is 24.3 Å². The fraction of sp³-hybridized carbons (Fsp3) is 0.586. The second-order valence-corrected chi connectivity index (χ2v) is 11.9. The van der Waals surface area contributed by atoms with Crippen LogP contribution >= 0.6 is 0 Å². The maximum Gasteiger partial charge on any atom is 0.326 e. The number of aliphatic hydroxyl groups excluding tert-OH is 1. The predicted molar refractivity (Wildman–Crippen MR) is 146 cm³/mol. The number of hydrogen-bond donors (Lipinski definition) is 5. The standard InChI is InChI=1S/C29H43N3O7/c1-18(23-24(39-23)20-13-11-19(16-33)12-14-20)9-7-8-10-21(34)30-15-22(35)31-17-29(5,6)27(38)32-25(26(36)37)28(2,3)4/h8,10-14,18,23-25,33H,7,9,15-17H2,1-6H3,(H,30,34)(H,31,35)(H,32,38)(H,36,37)/b10-8+/t18-,23?,24?,25+/m0/s1. The van der Waals surface area contributed by atoms with Crippen LogP contribution in [0.2, 0.25) is 0 Å². The van der Waals surface area contributed by atoms with E-state index in [9.17, 15) is 24.3 Å². The van der Waals surface area contributed by atoms with Gasteiger partial charge in [0, 0.05) is 6.54 Å². The van der Waals surface area contributed by atoms with E-state index in [4.69, 9.17) is 9.84 Å². The number of aliphatic carboxylic acids is 1. The van der Waals surface area contributed by atoms with E-state index in [-0.39, 0.29) is 31.9 Å². The second-order valence-electron chi connectivity index (χ2n) is 11.9. The van der Waals surface area contributed by atoms with Crippen molar-refractivity contribution in [1.82, 2.24) is 16.0 Å². The van der Waals surface area contributed by atoms with Crippen molar-refractivity contribution in [3.05, 3.63) is 47.5 Å². The van der Waals surface area contributed by atoms with Gasteiger partial charge in [-0.05, 0) is 55.2 Å². The topological polar surface area (TPSA) is 157 Å². The zero-order valence-electron chi connectivity index (χ0n) is 23.7. The lowest BCUT2D eigenvalue weighted by Crippen LogP contribution is -2.55. The molecule has 5 N–H and O–H groups in total. The van der Waals surface area contributed by atoms with E-state index < -0.39 is 40.6 Å². The van der Waals surface area contributed by atoms with E-state index in [1.54, 1.807) is 40.7 Å². The van der Waals surface area contributed by atoms with E-state index in [1.165, 1.54) is 6.08 Å². The van der Waals surface area contributed by atoms with Gasteiger partial charge in [-0.25, -0.2) is 4.79 Å². The third-order valence-corrected chi connectivity index (χ3v) is 6.79. The molecule has 1 aliphatic heterocycles. The van der Waals surface area contributed by atoms with Crippen molar-refractivity contribution in [2.45, 2.75) is 79.2 Å². The van der Waals surface area contributed by atoms with Gasteiger partial charge in [0.2, 0.25) is 17.7 Å². The molecule has 1 fully saturated rings. The molecule has 10 nitrogen and oxygen atoms in total. The number of allylic oxidation sites excluding steroid dienone is 1. The largest absolute Gasteiger partial charge is 0.480 e. The Hall–Kier alpha value is -3.24. The molecular formula is C29H43N3O7. The van der Waals surface area contributed by atoms with Crippen molar-refractivity contribution in [1.29, 1.82) is 0 Å². The Morgan fingerprint density at radius 3 is 2.26 bits per heavy atom. The maximum atomic E-state index is 12.6. The van der Waals surface area contributed by atoms with Gasteiger partial charge in [-0.2, -0.15) is 0 Å². The van der Waals surface area contributed by atoms with Gasteiger partial charge in [-0.3, -0.25) is 14.4 Å². The number of carbonyl (C=O) groups excluding carboxylic acids is 3. The first-order chi connectivity index (χ1) is 18.2. The number of epoxide rings is 1. The fourth-order valence-electron chi connectivity index (χ4n) is 4.01. The molecule has 0 radical (unpaired) electrons. The lowest BCUT2D eigenvalue weighted by Gasteiger charge is -2.32. The molecule has 1 aromatic carbocycles. The highest BCUT2D eigenvalue weighted by Gasteiger charge is 2.43. The summed E-state index contributed by atoms with van der Waals surface area (Å²) in [5, 5.41) is 26.3. The summed E-state index contributed by atoms with van der Waals surface area (Å²) in [5.41, 5.74) is 0.223. The van der Waals surface area contributed by atoms with E-state index >= 15 is 0 Å². The van der Waals surface area contributed by atoms with Crippen molar-refractivity contribution >= 4 is 23.7 Å². The number of carboxylic acid groups (broad SMARTS) is 1. The van der Waals surface area contributed by atoms with Crippen LogP contribution < -0.4 is 16.0 Å². The molecule has 0 bridgehead atoms. The molecule has 0 saturated carbocycles. The molecule has 0 aromatic heterocycles. The van der Waals surface area contributed by atoms with Crippen LogP contribution in [-0.2, 0) is 30.5 Å². The SMILES string of the molecule is C[C@@H](CC/C=C/C(=O)NCC(=O)NCC(C)(C)C(=O)N[C@H](C(=O)O)C(C)(C)C)C1OC1c1ccc(CO)cc1. The number of aliphatic hydroxyl groups is 1. The smallest absolute Gasteiger partial charge is 0.326 e. The quantitative estimate of drug-likeness (QED) is 0.177. The number of carbonyl (C=O) groups is 4. The van der Waals surface area contributed by atoms with Gasteiger partial charge in [-0.15, -0.1) is 0 Å². The van der Waals surface area contributed by atoms with E-state index in [2.05, 4.69) is 22.9 Å². The molecule has 216 valence electrons. The summed E-state index contributed by atoms with van der Waals surface area (Å²) in [6.45, 7) is 10.2. The molecule has 1 heterocycles. The van der Waals surface area contributed by atoms with Gasteiger partial charge in [0.15, 0.2) is 0 Å². The molecule has 2 rings (SSSR count). The molecule has 0 aliphatic carbocycles. The van der Waals surface area contributed by atoms with Gasteiger partial charge in [0.25, 0.3) is 0 Å². The Kier molecular flexibility index (Phi) is 11.2. The maximum absolute atomic E-state index is 12.6. The molecule has 1 saturated heterocycles. The van der Waals surface area contributed by atoms with Crippen molar-refractivity contribution in [3.8, 4) is 0 Å². The van der Waals surface area contributed by atoms with Crippen LogP contribution in [0.3, 0.4) is 0 Å². The van der Waals surface area contributed by atoms with Gasteiger partial charge in [0.1, 0.15) is 12.1 Å². The average molecular weight is 546 g/mol. The highest BCUT2D eigenvalue weighted by atomic mass is 16.6. The van der Waals surface area contributed by atoms with Gasteiger partial charge >= 0.3 is 5.97 Å². The monoisotopic (exact) mass is 545 g/mol. The Morgan fingerprint density at radius 2 is 1.69 bits per heavy atom. The number of ether oxygens (including phenoxy) is 1. The Morgan fingerprint density at radius 1 is 1.05 bits per heavy atom. The van der Waals surface area contributed by atoms with Gasteiger partial charge in [-0.1, -0.05) is 58.0 Å². The Labute approximate surface area is 230 Å². The molecule has 2 unspecified atom stereocenters. The average Bonchev–Trinajstić information content (AvgIpc) is 3.67. The zero-order chi connectivity index (χ0) is 29.4. The molecule has 10 heteroatoms. The molecule has 39 heavy (non-hydrogen) atoms. The van der Waals surface area contributed by atoms with Crippen molar-refractivity contribution < 1.29 is 34.1 Å². The highest BCUT2D eigenvalue weighted by Crippen LogP contribution is 2.44. The minimum atomic E-state index is -1.13. The summed E-state index contributed by atoms with van der Waals surface area (Å²) in [7, 11) is 0. The third-order valence-electron chi connectivity index (χ3n) is 6.79. The van der Waals surface area contributed by atoms with Crippen molar-refractivity contribution in [2.75, 3.05) is 13.1 Å². The van der Waals surface area contributed by atoms with Gasteiger partial charge in [0.05, 0.1) is 24.7 Å². The molecular weight excluding hydrogens is 502 g/mol. The first-order valence-electron chi connectivity index (χ1n) is 13.3. The third kappa shape index (κ3) is 10.1. The van der Waals surface area contributed by atoms with Crippen LogP contribution in [-0.4, -0.2) is 59.1 Å². The number of benzene rings is 1. The van der Waals surface area contributed by atoms with E-state index in [0.717, 1.165) is 17.5 Å². The van der Waals surface area contributed by atoms with Gasteiger partial charge < -0.3 is 30.9 Å². The van der Waals surface area contributed by atoms with Crippen molar-refractivity contribution in [2.24, 2.45) is 16.7 Å². The van der Waals surface area contributed by atoms with Crippen LogP contribution in [0.4, 0.5) is 0 Å². The lowest BCUT2D eigenvalue weighted by atomic mass is 9.85. The number of rotatable bonds is 14. The summed E-state index contributed by atoms with van der Waals surface area (Å²) in [5.74, 6) is -2.17. The summed E-state index contributed by atoms with van der Waals surface area (Å²) in [6, 6.07) is 6.66. The highest BCUT2D eigenvalue weighted by molar-refractivity contribution is 5.91. The minimum Gasteiger partial charge on any atom is -0.480 e. The number of carboxylic acids is 1. The summed E-state index contributed by atoms with van der Waals surface area (Å²) < 4.78 is 5.83. The number of nitrogens with one attached hydrogen (secondary N) is 3. The first kappa shape index (κ1) is 32.0. The first-order valence-corrected chi connectivity index (χ1v) is 13.3. The Balaban J connectivity index is 1.67. The lowest BCUT2D eigenvalue weighted by molar-refractivity contribution is -0.146. The molecule has 1 aromatic rings. The summed E-state index contributed by atoms with van der Waals surface area (Å²) in [4.78, 5) is 48.4. The van der Waals surface area contributed by atoms with Crippen LogP contribution in [0.5, 0.6) is 0 Å². The summed E-state index contributed by atoms with van der Waals surface area (Å²) in [6.07, 6.45) is 4.88. The van der Waals surface area contributed by atoms with Crippen LogP contribution in [0.25, 0.3) is 0 Å². The minimum absolute atomic E-state index is 0.0154. The van der Waals surface area contributed by atoms with E-state index in [0.29, 0.717) is 12.3 Å². The molecule has 4 atom stereocenters. The molecule has 1 aliphatic rings. The normalized spacial score (nSPS) is 18.7. The zero-order valence-corrected chi connectivity index (χ0v) is 23.7. The van der Waals surface area contributed by atoms with Crippen LogP contribution in [0.1, 0.15) is 71.6 Å².